The summed E-state index contributed by atoms with van der Waals surface area (Å²) in [6.07, 6.45) is 3.34. The minimum absolute atomic E-state index is 0.170. The number of carbonyl (C=O) groups is 1. The van der Waals surface area contributed by atoms with Gasteiger partial charge in [-0.1, -0.05) is 19.8 Å². The van der Waals surface area contributed by atoms with E-state index in [1.54, 1.807) is 0 Å². The number of aliphatic carboxylic acids is 1. The highest BCUT2D eigenvalue weighted by molar-refractivity contribution is 5.64. The first kappa shape index (κ1) is 10.4. The third-order valence-corrected chi connectivity index (χ3v) is 1.83. The lowest BCUT2D eigenvalue weighted by Crippen LogP contribution is -2.54. The molecule has 0 amide bonds. The first-order chi connectivity index (χ1) is 5.20. The fraction of sp³-hybridized carbons (Fsp3) is 0.875. The van der Waals surface area contributed by atoms with E-state index in [1.165, 1.54) is 0 Å². The van der Waals surface area contributed by atoms with Crippen molar-refractivity contribution in [3.63, 3.8) is 0 Å². The molecule has 0 aliphatic carbocycles. The summed E-state index contributed by atoms with van der Waals surface area (Å²) < 4.78 is 0. The van der Waals surface area contributed by atoms with E-state index < -0.39 is 5.97 Å². The van der Waals surface area contributed by atoms with Gasteiger partial charge in [0.05, 0.1) is 6.54 Å². The minimum atomic E-state index is -0.949. The van der Waals surface area contributed by atoms with Crippen LogP contribution in [0.25, 0.3) is 0 Å². The molecule has 0 saturated heterocycles. The molecule has 3 N–H and O–H groups in total. The maximum absolute atomic E-state index is 10.2. The molecule has 3 heteroatoms. The van der Waals surface area contributed by atoms with Crippen LogP contribution in [0.4, 0.5) is 0 Å². The van der Waals surface area contributed by atoms with E-state index >= 15 is 0 Å². The Kier molecular flexibility index (Phi) is 5.84. The molecular formula is C8H17NO2. The topological polar surface area (TPSA) is 67.8 Å². The van der Waals surface area contributed by atoms with Crippen LogP contribution in [0.3, 0.4) is 0 Å². The van der Waals surface area contributed by atoms with Crippen LogP contribution in [0.15, 0.2) is 0 Å². The van der Waals surface area contributed by atoms with Gasteiger partial charge in [0.25, 0.3) is 0 Å². The highest BCUT2D eigenvalue weighted by Crippen LogP contribution is 2.09. The summed E-state index contributed by atoms with van der Waals surface area (Å²) >= 11 is 0. The number of carboxylic acids is 1. The van der Waals surface area contributed by atoms with Crippen molar-refractivity contribution >= 4 is 5.97 Å². The van der Waals surface area contributed by atoms with Gasteiger partial charge in [-0.05, 0) is 12.8 Å². The molecule has 3 nitrogen and oxygen atoms in total. The number of quaternary nitrogens is 1. The van der Waals surface area contributed by atoms with Gasteiger partial charge in [-0.15, -0.1) is 0 Å². The van der Waals surface area contributed by atoms with Gasteiger partial charge in [-0.25, -0.2) is 0 Å². The molecule has 11 heavy (non-hydrogen) atoms. The molecule has 0 aliphatic heterocycles. The van der Waals surface area contributed by atoms with Gasteiger partial charge in [-0.3, -0.25) is 0 Å². The van der Waals surface area contributed by atoms with E-state index in [9.17, 15) is 9.90 Å². The van der Waals surface area contributed by atoms with Crippen molar-refractivity contribution in [3.05, 3.63) is 0 Å². The largest absolute Gasteiger partial charge is 0.550 e. The molecule has 0 radical (unpaired) electrons. The monoisotopic (exact) mass is 159 g/mol. The predicted molar refractivity (Wildman–Crippen MR) is 40.4 cm³/mol. The fourth-order valence-corrected chi connectivity index (χ4v) is 1.08. The third kappa shape index (κ3) is 5.85. The van der Waals surface area contributed by atoms with Crippen LogP contribution in [0.2, 0.25) is 0 Å². The first-order valence-corrected chi connectivity index (χ1v) is 4.19. The van der Waals surface area contributed by atoms with E-state index in [0.29, 0.717) is 6.54 Å². The number of rotatable bonds is 6. The summed E-state index contributed by atoms with van der Waals surface area (Å²) in [4.78, 5) is 10.2. The third-order valence-electron chi connectivity index (χ3n) is 1.83. The van der Waals surface area contributed by atoms with Crippen LogP contribution >= 0.6 is 0 Å². The van der Waals surface area contributed by atoms with E-state index in [4.69, 9.17) is 0 Å². The van der Waals surface area contributed by atoms with Gasteiger partial charge in [0.15, 0.2) is 0 Å². The average molecular weight is 159 g/mol. The second-order valence-electron chi connectivity index (χ2n) is 2.87. The number of hydrogen-bond donors (Lipinski definition) is 1. The number of carbonyl (C=O) groups excluding carboxylic acids is 1. The second-order valence-corrected chi connectivity index (χ2v) is 2.87. The van der Waals surface area contributed by atoms with Crippen molar-refractivity contribution in [2.75, 3.05) is 6.54 Å². The molecule has 66 valence electrons. The SMILES string of the molecule is CCCCC(C[NH3+])CC(=O)[O-]. The van der Waals surface area contributed by atoms with Crippen LogP contribution in [-0.2, 0) is 4.79 Å². The van der Waals surface area contributed by atoms with Gasteiger partial charge in [-0.2, -0.15) is 0 Å². The molecule has 0 aromatic heterocycles. The summed E-state index contributed by atoms with van der Waals surface area (Å²) in [5.74, 6) is -0.727. The molecule has 0 fully saturated rings. The highest BCUT2D eigenvalue weighted by Gasteiger charge is 2.07. The maximum Gasteiger partial charge on any atom is 0.0772 e. The van der Waals surface area contributed by atoms with Crippen LogP contribution in [-0.4, -0.2) is 12.5 Å². The quantitative estimate of drug-likeness (QED) is 0.550. The van der Waals surface area contributed by atoms with E-state index in [2.05, 4.69) is 12.7 Å². The van der Waals surface area contributed by atoms with Gasteiger partial charge < -0.3 is 15.6 Å². The standard InChI is InChI=1S/C8H17NO2/c1-2-3-4-7(6-9)5-8(10)11/h7H,2-6,9H2,1H3,(H,10,11). The van der Waals surface area contributed by atoms with Crippen LogP contribution < -0.4 is 10.8 Å². The molecule has 0 aromatic carbocycles. The Hall–Kier alpha value is -0.570. The molecule has 0 bridgehead atoms. The number of carboxylic acid groups (broad SMARTS) is 1. The Balaban J connectivity index is 3.49. The zero-order valence-electron chi connectivity index (χ0n) is 7.14. The van der Waals surface area contributed by atoms with E-state index in [-0.39, 0.29) is 12.3 Å². The van der Waals surface area contributed by atoms with Gasteiger partial charge in [0.2, 0.25) is 0 Å². The average Bonchev–Trinajstić information content (AvgIpc) is 1.97. The zero-order valence-corrected chi connectivity index (χ0v) is 7.14. The molecule has 1 atom stereocenters. The summed E-state index contributed by atoms with van der Waals surface area (Å²) in [7, 11) is 0. The molecule has 0 aliphatic rings. The highest BCUT2D eigenvalue weighted by atomic mass is 16.4. The Morgan fingerprint density at radius 3 is 2.64 bits per heavy atom. The maximum atomic E-state index is 10.2. The van der Waals surface area contributed by atoms with Crippen molar-refractivity contribution in [1.82, 2.24) is 0 Å². The van der Waals surface area contributed by atoms with Crippen molar-refractivity contribution < 1.29 is 15.6 Å². The molecule has 1 unspecified atom stereocenters. The normalized spacial score (nSPS) is 12.9. The minimum Gasteiger partial charge on any atom is -0.550 e. The fourth-order valence-electron chi connectivity index (χ4n) is 1.08. The first-order valence-electron chi connectivity index (χ1n) is 4.19. The Morgan fingerprint density at radius 1 is 1.64 bits per heavy atom. The lowest BCUT2D eigenvalue weighted by atomic mass is 9.99. The Bertz CT molecular complexity index is 115. The molecule has 0 saturated carbocycles. The van der Waals surface area contributed by atoms with Gasteiger partial charge in [0, 0.05) is 11.9 Å². The summed E-state index contributed by atoms with van der Waals surface area (Å²) in [5.41, 5.74) is 3.70. The van der Waals surface area contributed by atoms with Crippen molar-refractivity contribution in [3.8, 4) is 0 Å². The lowest BCUT2D eigenvalue weighted by molar-refractivity contribution is -0.381. The Labute approximate surface area is 67.6 Å². The van der Waals surface area contributed by atoms with E-state index in [0.717, 1.165) is 19.3 Å². The van der Waals surface area contributed by atoms with Gasteiger partial charge >= 0.3 is 0 Å². The molecule has 0 heterocycles. The lowest BCUT2D eigenvalue weighted by Gasteiger charge is -2.11. The smallest absolute Gasteiger partial charge is 0.0772 e. The van der Waals surface area contributed by atoms with Crippen LogP contribution in [0, 0.1) is 5.92 Å². The van der Waals surface area contributed by atoms with Crippen molar-refractivity contribution in [2.45, 2.75) is 32.6 Å². The summed E-state index contributed by atoms with van der Waals surface area (Å²) in [6.45, 7) is 2.80. The van der Waals surface area contributed by atoms with Crippen molar-refractivity contribution in [2.24, 2.45) is 5.92 Å². The van der Waals surface area contributed by atoms with Crippen LogP contribution in [0.5, 0.6) is 0 Å². The van der Waals surface area contributed by atoms with Crippen molar-refractivity contribution in [1.29, 1.82) is 0 Å². The molecule has 0 rings (SSSR count). The zero-order chi connectivity index (χ0) is 8.69. The Morgan fingerprint density at radius 2 is 2.27 bits per heavy atom. The van der Waals surface area contributed by atoms with Crippen LogP contribution in [0.1, 0.15) is 32.6 Å². The van der Waals surface area contributed by atoms with E-state index in [1.807, 2.05) is 0 Å². The summed E-state index contributed by atoms with van der Waals surface area (Å²) in [5, 5.41) is 10.2. The second kappa shape index (κ2) is 6.16. The molecule has 0 spiro atoms. The predicted octanol–water partition coefficient (Wildman–Crippen LogP) is -0.825. The molecule has 0 aromatic rings. The summed E-state index contributed by atoms with van der Waals surface area (Å²) in [6, 6.07) is 0. The number of unbranched alkanes of at least 4 members (excludes halogenated alkanes) is 1. The number of hydrogen-bond acceptors (Lipinski definition) is 2. The molecular weight excluding hydrogens is 142 g/mol. The van der Waals surface area contributed by atoms with Gasteiger partial charge in [0.1, 0.15) is 0 Å².